The molecule has 0 saturated carbocycles. The minimum absolute atomic E-state index is 0.712. The summed E-state index contributed by atoms with van der Waals surface area (Å²) in [5.41, 5.74) is 0. The van der Waals surface area contributed by atoms with E-state index in [4.69, 9.17) is 9.47 Å². The molecular weight excluding hydrogens is 178 g/mol. The fraction of sp³-hybridized carbons (Fsp3) is 1.00. The quantitative estimate of drug-likeness (QED) is 0.548. The molecule has 0 aromatic heterocycles. The summed E-state index contributed by atoms with van der Waals surface area (Å²) >= 11 is 0. The highest BCUT2D eigenvalue weighted by Gasteiger charge is 1.94. The lowest BCUT2D eigenvalue weighted by atomic mass is 10.1. The Labute approximate surface area is 88.2 Å². The lowest BCUT2D eigenvalue weighted by Gasteiger charge is -2.06. The lowest BCUT2D eigenvalue weighted by Crippen LogP contribution is -2.16. The van der Waals surface area contributed by atoms with E-state index in [9.17, 15) is 0 Å². The number of nitrogens with one attached hydrogen (secondary N) is 1. The molecule has 0 radical (unpaired) electrons. The fourth-order valence-corrected chi connectivity index (χ4v) is 1.09. The molecule has 1 N–H and O–H groups in total. The van der Waals surface area contributed by atoms with Crippen LogP contribution < -0.4 is 5.32 Å². The molecule has 0 amide bonds. The van der Waals surface area contributed by atoms with Gasteiger partial charge in [0.15, 0.2) is 0 Å². The van der Waals surface area contributed by atoms with Crippen molar-refractivity contribution in [3.63, 3.8) is 0 Å². The van der Waals surface area contributed by atoms with Crippen molar-refractivity contribution in [2.75, 3.05) is 40.0 Å². The van der Waals surface area contributed by atoms with Crippen LogP contribution in [0.4, 0.5) is 0 Å². The first kappa shape index (κ1) is 13.9. The molecule has 0 aromatic rings. The van der Waals surface area contributed by atoms with Crippen molar-refractivity contribution in [1.29, 1.82) is 0 Å². The maximum Gasteiger partial charge on any atom is 0.0701 e. The summed E-state index contributed by atoms with van der Waals surface area (Å²) in [5.74, 6) is 0.783. The van der Waals surface area contributed by atoms with E-state index in [1.807, 2.05) is 7.05 Å². The molecule has 0 aromatic carbocycles. The molecule has 0 unspecified atom stereocenters. The molecule has 0 spiro atoms. The number of ether oxygens (including phenoxy) is 2. The van der Waals surface area contributed by atoms with Gasteiger partial charge in [0.25, 0.3) is 0 Å². The molecule has 0 aliphatic heterocycles. The molecule has 0 rings (SSSR count). The minimum atomic E-state index is 0.712. The van der Waals surface area contributed by atoms with Gasteiger partial charge in [-0.3, -0.25) is 0 Å². The SMILES string of the molecule is CNCCOCCOCCCC(C)C. The molecule has 0 bridgehead atoms. The Hall–Kier alpha value is -0.120. The van der Waals surface area contributed by atoms with Gasteiger partial charge in [-0.25, -0.2) is 0 Å². The summed E-state index contributed by atoms with van der Waals surface area (Å²) in [6, 6.07) is 0. The number of likely N-dealkylation sites (N-methyl/N-ethyl adjacent to an activating group) is 1. The van der Waals surface area contributed by atoms with E-state index in [1.54, 1.807) is 0 Å². The molecule has 3 heteroatoms. The van der Waals surface area contributed by atoms with Crippen LogP contribution in [0, 0.1) is 5.92 Å². The van der Waals surface area contributed by atoms with Crippen LogP contribution in [0.15, 0.2) is 0 Å². The molecule has 0 aliphatic carbocycles. The van der Waals surface area contributed by atoms with Crippen LogP contribution in [0.2, 0.25) is 0 Å². The first-order valence-corrected chi connectivity index (χ1v) is 5.57. The second-order valence-electron chi connectivity index (χ2n) is 3.86. The van der Waals surface area contributed by atoms with Gasteiger partial charge >= 0.3 is 0 Å². The van der Waals surface area contributed by atoms with E-state index in [-0.39, 0.29) is 0 Å². The van der Waals surface area contributed by atoms with Crippen molar-refractivity contribution in [2.24, 2.45) is 5.92 Å². The smallest absolute Gasteiger partial charge is 0.0701 e. The highest BCUT2D eigenvalue weighted by Crippen LogP contribution is 2.02. The zero-order valence-electron chi connectivity index (χ0n) is 9.84. The lowest BCUT2D eigenvalue weighted by molar-refractivity contribution is 0.0471. The van der Waals surface area contributed by atoms with Crippen LogP contribution in [-0.4, -0.2) is 40.0 Å². The monoisotopic (exact) mass is 203 g/mol. The van der Waals surface area contributed by atoms with E-state index in [0.717, 1.165) is 38.7 Å². The Morgan fingerprint density at radius 2 is 1.64 bits per heavy atom. The zero-order chi connectivity index (χ0) is 10.6. The molecule has 86 valence electrons. The fourth-order valence-electron chi connectivity index (χ4n) is 1.09. The first-order valence-electron chi connectivity index (χ1n) is 5.57. The van der Waals surface area contributed by atoms with Gasteiger partial charge in [0.1, 0.15) is 0 Å². The predicted octanol–water partition coefficient (Wildman–Crippen LogP) is 1.68. The van der Waals surface area contributed by atoms with Crippen LogP contribution in [0.3, 0.4) is 0 Å². The summed E-state index contributed by atoms with van der Waals surface area (Å²) in [5, 5.41) is 3.03. The van der Waals surface area contributed by atoms with Crippen molar-refractivity contribution in [2.45, 2.75) is 26.7 Å². The molecule has 0 atom stereocenters. The van der Waals surface area contributed by atoms with E-state index < -0.39 is 0 Å². The van der Waals surface area contributed by atoms with Crippen molar-refractivity contribution in [1.82, 2.24) is 5.32 Å². The topological polar surface area (TPSA) is 30.5 Å². The maximum absolute atomic E-state index is 5.42. The molecule has 14 heavy (non-hydrogen) atoms. The minimum Gasteiger partial charge on any atom is -0.379 e. The molecule has 0 saturated heterocycles. The number of hydrogen-bond donors (Lipinski definition) is 1. The van der Waals surface area contributed by atoms with Crippen molar-refractivity contribution < 1.29 is 9.47 Å². The van der Waals surface area contributed by atoms with Gasteiger partial charge in [0.2, 0.25) is 0 Å². The number of rotatable bonds is 10. The average Bonchev–Trinajstić information content (AvgIpc) is 2.15. The Morgan fingerprint density at radius 3 is 2.21 bits per heavy atom. The van der Waals surface area contributed by atoms with E-state index in [1.165, 1.54) is 6.42 Å². The van der Waals surface area contributed by atoms with Gasteiger partial charge in [-0.1, -0.05) is 13.8 Å². The Balaban J connectivity index is 2.85. The largest absolute Gasteiger partial charge is 0.379 e. The van der Waals surface area contributed by atoms with E-state index >= 15 is 0 Å². The van der Waals surface area contributed by atoms with Crippen molar-refractivity contribution >= 4 is 0 Å². The summed E-state index contributed by atoms with van der Waals surface area (Å²) in [6.45, 7) is 8.46. The van der Waals surface area contributed by atoms with Crippen LogP contribution >= 0.6 is 0 Å². The summed E-state index contributed by atoms with van der Waals surface area (Å²) in [7, 11) is 1.92. The molecule has 0 heterocycles. The summed E-state index contributed by atoms with van der Waals surface area (Å²) in [4.78, 5) is 0. The molecule has 0 fully saturated rings. The van der Waals surface area contributed by atoms with Gasteiger partial charge in [-0.15, -0.1) is 0 Å². The number of hydrogen-bond acceptors (Lipinski definition) is 3. The molecule has 3 nitrogen and oxygen atoms in total. The van der Waals surface area contributed by atoms with Gasteiger partial charge < -0.3 is 14.8 Å². The standard InChI is InChI=1S/C11H25NO2/c1-11(2)5-4-7-13-9-10-14-8-6-12-3/h11-12H,4-10H2,1-3H3. The highest BCUT2D eigenvalue weighted by molar-refractivity contribution is 4.44. The van der Waals surface area contributed by atoms with Crippen LogP contribution in [0.5, 0.6) is 0 Å². The maximum atomic E-state index is 5.42. The normalized spacial score (nSPS) is 11.1. The third-order valence-electron chi connectivity index (χ3n) is 1.94. The second kappa shape index (κ2) is 11.0. The first-order chi connectivity index (χ1) is 6.77. The molecule has 0 aliphatic rings. The second-order valence-corrected chi connectivity index (χ2v) is 3.86. The van der Waals surface area contributed by atoms with Crippen molar-refractivity contribution in [3.8, 4) is 0 Å². The summed E-state index contributed by atoms with van der Waals surface area (Å²) < 4.78 is 10.7. The van der Waals surface area contributed by atoms with Crippen LogP contribution in [0.25, 0.3) is 0 Å². The van der Waals surface area contributed by atoms with E-state index in [2.05, 4.69) is 19.2 Å². The van der Waals surface area contributed by atoms with Gasteiger partial charge in [0, 0.05) is 13.2 Å². The highest BCUT2D eigenvalue weighted by atomic mass is 16.5. The van der Waals surface area contributed by atoms with Crippen LogP contribution in [-0.2, 0) is 9.47 Å². The third-order valence-corrected chi connectivity index (χ3v) is 1.94. The van der Waals surface area contributed by atoms with Crippen LogP contribution in [0.1, 0.15) is 26.7 Å². The Bertz CT molecular complexity index is 107. The average molecular weight is 203 g/mol. The third kappa shape index (κ3) is 11.9. The molecular formula is C11H25NO2. The Morgan fingerprint density at radius 1 is 1.00 bits per heavy atom. The zero-order valence-corrected chi connectivity index (χ0v) is 9.84. The Kier molecular flexibility index (Phi) is 10.9. The predicted molar refractivity (Wildman–Crippen MR) is 59.6 cm³/mol. The van der Waals surface area contributed by atoms with E-state index in [0.29, 0.717) is 6.61 Å². The van der Waals surface area contributed by atoms with Gasteiger partial charge in [-0.2, -0.15) is 0 Å². The van der Waals surface area contributed by atoms with Gasteiger partial charge in [0.05, 0.1) is 19.8 Å². The summed E-state index contributed by atoms with van der Waals surface area (Å²) in [6.07, 6.45) is 2.41. The van der Waals surface area contributed by atoms with Crippen molar-refractivity contribution in [3.05, 3.63) is 0 Å². The van der Waals surface area contributed by atoms with Gasteiger partial charge in [-0.05, 0) is 25.8 Å².